The molecule has 112 valence electrons. The number of nitrogens with zero attached hydrogens (tertiary/aromatic N) is 3. The Balaban J connectivity index is 1.69. The Bertz CT molecular complexity index is 813. The van der Waals surface area contributed by atoms with Gasteiger partial charge in [-0.3, -0.25) is 14.6 Å². The number of hydrogen-bond acceptors (Lipinski definition) is 3. The molecule has 6 nitrogen and oxygen atoms in total. The van der Waals surface area contributed by atoms with Crippen LogP contribution in [0.5, 0.6) is 0 Å². The van der Waals surface area contributed by atoms with Crippen LogP contribution in [0.1, 0.15) is 16.1 Å². The second-order valence-electron chi connectivity index (χ2n) is 4.60. The van der Waals surface area contributed by atoms with Crippen molar-refractivity contribution in [2.24, 2.45) is 0 Å². The fourth-order valence-corrected chi connectivity index (χ4v) is 2.68. The second kappa shape index (κ2) is 6.49. The lowest BCUT2D eigenvalue weighted by Crippen LogP contribution is -2.13. The summed E-state index contributed by atoms with van der Waals surface area (Å²) < 4.78 is 2.50. The Kier molecular flexibility index (Phi) is 4.44. The lowest BCUT2D eigenvalue weighted by molar-refractivity contribution is 0.102. The molecule has 0 aliphatic heterocycles. The highest BCUT2D eigenvalue weighted by Gasteiger charge is 2.13. The zero-order valence-corrected chi connectivity index (χ0v) is 14.2. The predicted octanol–water partition coefficient (Wildman–Crippen LogP) is 3.16. The largest absolute Gasteiger partial charge is 0.318 e. The standard InChI is InChI=1S/C14H11ClIN5O/c15-10-3-1-2-9(4-10)7-21-8-11(5-18-21)19-14(22)13-12(16)6-17-20-13/h1-6,8H,7H2,(H,17,20)(H,19,22). The van der Waals surface area contributed by atoms with E-state index < -0.39 is 0 Å². The molecule has 0 fully saturated rings. The first kappa shape index (κ1) is 15.0. The van der Waals surface area contributed by atoms with Gasteiger partial charge >= 0.3 is 0 Å². The molecule has 0 atom stereocenters. The van der Waals surface area contributed by atoms with Crippen LogP contribution in [0.2, 0.25) is 5.02 Å². The normalized spacial score (nSPS) is 10.6. The van der Waals surface area contributed by atoms with Crippen molar-refractivity contribution in [2.45, 2.75) is 6.54 Å². The van der Waals surface area contributed by atoms with Crippen LogP contribution in [-0.4, -0.2) is 25.9 Å². The van der Waals surface area contributed by atoms with Crippen LogP contribution >= 0.6 is 34.2 Å². The third-order valence-corrected chi connectivity index (χ3v) is 4.00. The fraction of sp³-hybridized carbons (Fsp3) is 0.0714. The zero-order valence-electron chi connectivity index (χ0n) is 11.3. The lowest BCUT2D eigenvalue weighted by Gasteiger charge is -2.02. The summed E-state index contributed by atoms with van der Waals surface area (Å²) in [6.07, 6.45) is 4.96. The number of carbonyl (C=O) groups is 1. The van der Waals surface area contributed by atoms with E-state index in [9.17, 15) is 4.79 Å². The summed E-state index contributed by atoms with van der Waals surface area (Å²) in [5.74, 6) is -0.246. The molecule has 3 rings (SSSR count). The Hall–Kier alpha value is -1.87. The lowest BCUT2D eigenvalue weighted by atomic mass is 10.2. The Morgan fingerprint density at radius 3 is 3.00 bits per heavy atom. The van der Waals surface area contributed by atoms with Crippen molar-refractivity contribution in [1.29, 1.82) is 0 Å². The molecule has 0 spiro atoms. The number of carbonyl (C=O) groups excluding carboxylic acids is 1. The monoisotopic (exact) mass is 427 g/mol. The van der Waals surface area contributed by atoms with Crippen molar-refractivity contribution in [3.63, 3.8) is 0 Å². The second-order valence-corrected chi connectivity index (χ2v) is 6.20. The Morgan fingerprint density at radius 2 is 2.27 bits per heavy atom. The number of rotatable bonds is 4. The summed E-state index contributed by atoms with van der Waals surface area (Å²) in [7, 11) is 0. The maximum atomic E-state index is 12.1. The van der Waals surface area contributed by atoms with Gasteiger partial charge in [-0.25, -0.2) is 0 Å². The minimum Gasteiger partial charge on any atom is -0.318 e. The maximum absolute atomic E-state index is 12.1. The highest BCUT2D eigenvalue weighted by molar-refractivity contribution is 14.1. The molecule has 0 saturated carbocycles. The Labute approximate surface area is 145 Å². The van der Waals surface area contributed by atoms with E-state index in [4.69, 9.17) is 11.6 Å². The van der Waals surface area contributed by atoms with Gasteiger partial charge in [0.25, 0.3) is 5.91 Å². The summed E-state index contributed by atoms with van der Waals surface area (Å²) in [6.45, 7) is 0.581. The number of nitrogens with one attached hydrogen (secondary N) is 2. The van der Waals surface area contributed by atoms with E-state index in [-0.39, 0.29) is 5.91 Å². The van der Waals surface area contributed by atoms with E-state index in [0.29, 0.717) is 22.9 Å². The average Bonchev–Trinajstić information content (AvgIpc) is 3.08. The van der Waals surface area contributed by atoms with Gasteiger partial charge in [0.05, 0.1) is 28.2 Å². The van der Waals surface area contributed by atoms with Crippen molar-refractivity contribution in [3.8, 4) is 0 Å². The van der Waals surface area contributed by atoms with Crippen LogP contribution in [-0.2, 0) is 6.54 Å². The molecular weight excluding hydrogens is 417 g/mol. The molecule has 0 aliphatic carbocycles. The van der Waals surface area contributed by atoms with Gasteiger partial charge in [-0.1, -0.05) is 23.7 Å². The summed E-state index contributed by atoms with van der Waals surface area (Å²) >= 11 is 8.01. The SMILES string of the molecule is O=C(Nc1cnn(Cc2cccc(Cl)c2)c1)c1[nH]ncc1I. The molecule has 0 bridgehead atoms. The number of anilines is 1. The minimum absolute atomic E-state index is 0.246. The molecule has 2 heterocycles. The van der Waals surface area contributed by atoms with Crippen molar-refractivity contribution in [1.82, 2.24) is 20.0 Å². The highest BCUT2D eigenvalue weighted by Crippen LogP contribution is 2.14. The van der Waals surface area contributed by atoms with Gasteiger partial charge < -0.3 is 5.32 Å². The molecule has 2 N–H and O–H groups in total. The van der Waals surface area contributed by atoms with Gasteiger partial charge in [-0.15, -0.1) is 0 Å². The van der Waals surface area contributed by atoms with Crippen LogP contribution < -0.4 is 5.32 Å². The molecule has 22 heavy (non-hydrogen) atoms. The third-order valence-electron chi connectivity index (χ3n) is 2.94. The maximum Gasteiger partial charge on any atom is 0.274 e. The van der Waals surface area contributed by atoms with Crippen molar-refractivity contribution < 1.29 is 4.79 Å². The summed E-state index contributed by atoms with van der Waals surface area (Å²) in [5, 5.41) is 14.2. The van der Waals surface area contributed by atoms with Crippen LogP contribution in [0.25, 0.3) is 0 Å². The first-order chi connectivity index (χ1) is 10.6. The summed E-state index contributed by atoms with van der Waals surface area (Å²) in [5.41, 5.74) is 2.09. The number of aromatic amines is 1. The van der Waals surface area contributed by atoms with Gasteiger partial charge in [-0.2, -0.15) is 10.2 Å². The molecule has 1 amide bonds. The number of halogens is 2. The Morgan fingerprint density at radius 1 is 1.41 bits per heavy atom. The van der Waals surface area contributed by atoms with E-state index in [1.54, 1.807) is 23.3 Å². The highest BCUT2D eigenvalue weighted by atomic mass is 127. The average molecular weight is 428 g/mol. The number of amides is 1. The van der Waals surface area contributed by atoms with Gasteiger partial charge in [0, 0.05) is 11.2 Å². The fourth-order valence-electron chi connectivity index (χ4n) is 1.96. The van der Waals surface area contributed by atoms with Crippen LogP contribution in [0.4, 0.5) is 5.69 Å². The number of H-pyrrole nitrogens is 1. The summed E-state index contributed by atoms with van der Waals surface area (Å²) in [4.78, 5) is 12.1. The zero-order chi connectivity index (χ0) is 15.5. The smallest absolute Gasteiger partial charge is 0.274 e. The van der Waals surface area contributed by atoms with E-state index in [0.717, 1.165) is 9.13 Å². The van der Waals surface area contributed by atoms with Gasteiger partial charge in [0.15, 0.2) is 0 Å². The molecule has 0 saturated heterocycles. The molecule has 1 aromatic carbocycles. The number of hydrogen-bond donors (Lipinski definition) is 2. The number of benzene rings is 1. The molecule has 0 unspecified atom stereocenters. The first-order valence-corrected chi connectivity index (χ1v) is 7.84. The van der Waals surface area contributed by atoms with E-state index >= 15 is 0 Å². The van der Waals surface area contributed by atoms with Gasteiger partial charge in [-0.05, 0) is 40.3 Å². The van der Waals surface area contributed by atoms with Crippen molar-refractivity contribution in [2.75, 3.05) is 5.32 Å². The summed E-state index contributed by atoms with van der Waals surface area (Å²) in [6, 6.07) is 7.57. The van der Waals surface area contributed by atoms with Crippen LogP contribution in [0.15, 0.2) is 42.9 Å². The third kappa shape index (κ3) is 3.47. The topological polar surface area (TPSA) is 75.6 Å². The van der Waals surface area contributed by atoms with Crippen molar-refractivity contribution in [3.05, 3.63) is 62.7 Å². The van der Waals surface area contributed by atoms with Crippen molar-refractivity contribution >= 4 is 45.8 Å². The minimum atomic E-state index is -0.246. The molecule has 0 radical (unpaired) electrons. The predicted molar refractivity (Wildman–Crippen MR) is 92.0 cm³/mol. The number of aromatic nitrogens is 4. The molecule has 3 aromatic rings. The van der Waals surface area contributed by atoms with E-state index in [1.807, 2.05) is 46.9 Å². The molecular formula is C14H11ClIN5O. The quantitative estimate of drug-likeness (QED) is 0.628. The van der Waals surface area contributed by atoms with Crippen LogP contribution in [0.3, 0.4) is 0 Å². The molecule has 2 aromatic heterocycles. The van der Waals surface area contributed by atoms with Crippen LogP contribution in [0, 0.1) is 3.57 Å². The van der Waals surface area contributed by atoms with E-state index in [2.05, 4.69) is 20.6 Å². The molecule has 0 aliphatic rings. The molecule has 8 heteroatoms. The van der Waals surface area contributed by atoms with Gasteiger partial charge in [0.1, 0.15) is 5.69 Å². The van der Waals surface area contributed by atoms with Gasteiger partial charge in [0.2, 0.25) is 0 Å². The van der Waals surface area contributed by atoms with E-state index in [1.165, 1.54) is 0 Å². The first-order valence-electron chi connectivity index (χ1n) is 6.39.